The summed E-state index contributed by atoms with van der Waals surface area (Å²) in [5, 5.41) is 3.04. The van der Waals surface area contributed by atoms with Gasteiger partial charge in [-0.3, -0.25) is 4.79 Å². The molecule has 4 nitrogen and oxygen atoms in total. The van der Waals surface area contributed by atoms with E-state index in [4.69, 9.17) is 21.1 Å². The molecule has 0 radical (unpaired) electrons. The summed E-state index contributed by atoms with van der Waals surface area (Å²) in [6.07, 6.45) is 3.18. The van der Waals surface area contributed by atoms with Crippen LogP contribution >= 0.6 is 22.9 Å². The van der Waals surface area contributed by atoms with Gasteiger partial charge < -0.3 is 9.47 Å². The maximum absolute atomic E-state index is 12.1. The maximum atomic E-state index is 12.1. The predicted molar refractivity (Wildman–Crippen MR) is 97.5 cm³/mol. The molecule has 0 N–H and O–H groups in total. The number of allylic oxidation sites excluding steroid dienone is 1. The number of halogens is 1. The van der Waals surface area contributed by atoms with Crippen LogP contribution < -0.4 is 9.47 Å². The first-order chi connectivity index (χ1) is 11.6. The van der Waals surface area contributed by atoms with E-state index in [2.05, 4.69) is 4.98 Å². The summed E-state index contributed by atoms with van der Waals surface area (Å²) in [5.41, 5.74) is 1.36. The van der Waals surface area contributed by atoms with Crippen LogP contribution in [0.25, 0.3) is 17.0 Å². The molecular weight excluding hydrogens is 346 g/mol. The molecule has 0 saturated heterocycles. The number of nitrogens with zero attached hydrogens (tertiary/aromatic N) is 1. The number of rotatable bonds is 5. The molecule has 0 bridgehead atoms. The molecule has 3 rings (SSSR count). The zero-order valence-electron chi connectivity index (χ0n) is 13.1. The quantitative estimate of drug-likeness (QED) is 0.370. The number of benzene rings is 1. The number of hydrogen-bond acceptors (Lipinski definition) is 5. The monoisotopic (exact) mass is 359 g/mol. The lowest BCUT2D eigenvalue weighted by Crippen LogP contribution is -1.93. The SMILES string of the molecule is COc1cc2cc(/C=C\C(=O)c3cccs3)c(Cl)nc2cc1OC. The van der Waals surface area contributed by atoms with Crippen LogP contribution in [0.15, 0.2) is 41.8 Å². The van der Waals surface area contributed by atoms with Crippen molar-refractivity contribution in [2.75, 3.05) is 14.2 Å². The van der Waals surface area contributed by atoms with E-state index in [-0.39, 0.29) is 5.78 Å². The highest BCUT2D eigenvalue weighted by Gasteiger charge is 2.10. The molecule has 0 aliphatic carbocycles. The first kappa shape index (κ1) is 16.5. The van der Waals surface area contributed by atoms with E-state index in [1.165, 1.54) is 17.4 Å². The fourth-order valence-electron chi connectivity index (χ4n) is 2.28. The van der Waals surface area contributed by atoms with Gasteiger partial charge in [0.1, 0.15) is 5.15 Å². The highest BCUT2D eigenvalue weighted by Crippen LogP contribution is 2.33. The van der Waals surface area contributed by atoms with Gasteiger partial charge in [0.2, 0.25) is 0 Å². The van der Waals surface area contributed by atoms with Gasteiger partial charge in [-0.15, -0.1) is 11.3 Å². The zero-order chi connectivity index (χ0) is 17.1. The molecule has 1 aromatic carbocycles. The first-order valence-electron chi connectivity index (χ1n) is 7.10. The minimum absolute atomic E-state index is 0.0616. The summed E-state index contributed by atoms with van der Waals surface area (Å²) in [7, 11) is 3.14. The van der Waals surface area contributed by atoms with E-state index in [9.17, 15) is 4.79 Å². The van der Waals surface area contributed by atoms with Gasteiger partial charge >= 0.3 is 0 Å². The molecule has 0 atom stereocenters. The number of methoxy groups -OCH3 is 2. The van der Waals surface area contributed by atoms with Gasteiger partial charge in [0.15, 0.2) is 17.3 Å². The van der Waals surface area contributed by atoms with Crippen molar-refractivity contribution in [2.45, 2.75) is 0 Å². The predicted octanol–water partition coefficient (Wildman–Crippen LogP) is 4.86. The number of ether oxygens (including phenoxy) is 2. The van der Waals surface area contributed by atoms with Gasteiger partial charge in [0, 0.05) is 17.0 Å². The Balaban J connectivity index is 1.99. The standard InChI is InChI=1S/C18H14ClNO3S/c1-22-15-9-12-8-11(5-6-14(21)17-4-3-7-24-17)18(19)20-13(12)10-16(15)23-2/h3-10H,1-2H3/b6-5-. The van der Waals surface area contributed by atoms with Crippen LogP contribution in [-0.4, -0.2) is 25.0 Å². The molecule has 3 aromatic rings. The molecule has 24 heavy (non-hydrogen) atoms. The number of carbonyl (C=O) groups is 1. The summed E-state index contributed by atoms with van der Waals surface area (Å²) >= 11 is 7.64. The van der Waals surface area contributed by atoms with E-state index in [0.29, 0.717) is 32.6 Å². The molecule has 2 aromatic heterocycles. The minimum atomic E-state index is -0.0616. The maximum Gasteiger partial charge on any atom is 0.195 e. The summed E-state index contributed by atoms with van der Waals surface area (Å²) in [6.45, 7) is 0. The zero-order valence-corrected chi connectivity index (χ0v) is 14.6. The highest BCUT2D eigenvalue weighted by molar-refractivity contribution is 7.12. The van der Waals surface area contributed by atoms with Crippen LogP contribution in [0.1, 0.15) is 15.2 Å². The van der Waals surface area contributed by atoms with E-state index < -0.39 is 0 Å². The minimum Gasteiger partial charge on any atom is -0.493 e. The molecule has 6 heteroatoms. The third-order valence-electron chi connectivity index (χ3n) is 3.48. The average Bonchev–Trinajstić information content (AvgIpc) is 3.13. The van der Waals surface area contributed by atoms with Crippen molar-refractivity contribution in [1.29, 1.82) is 0 Å². The summed E-state index contributed by atoms with van der Waals surface area (Å²) in [4.78, 5) is 17.1. The fourth-order valence-corrected chi connectivity index (χ4v) is 3.13. The number of hydrogen-bond donors (Lipinski definition) is 0. The molecule has 0 amide bonds. The van der Waals surface area contributed by atoms with Crippen molar-refractivity contribution in [3.63, 3.8) is 0 Å². The molecule has 0 saturated carbocycles. The lowest BCUT2D eigenvalue weighted by atomic mass is 10.1. The fraction of sp³-hybridized carbons (Fsp3) is 0.111. The second kappa shape index (κ2) is 7.03. The number of ketones is 1. The number of pyridine rings is 1. The van der Waals surface area contributed by atoms with Crippen LogP contribution in [0.3, 0.4) is 0 Å². The Kier molecular flexibility index (Phi) is 4.83. The third kappa shape index (κ3) is 3.27. The molecule has 0 spiro atoms. The molecule has 122 valence electrons. The second-order valence-corrected chi connectivity index (χ2v) is 6.25. The first-order valence-corrected chi connectivity index (χ1v) is 8.36. The van der Waals surface area contributed by atoms with Gasteiger partial charge in [-0.25, -0.2) is 4.98 Å². The Labute approximate surface area is 148 Å². The number of aromatic nitrogens is 1. The molecule has 2 heterocycles. The number of carbonyl (C=O) groups excluding carboxylic acids is 1. The highest BCUT2D eigenvalue weighted by atomic mass is 35.5. The Morgan fingerprint density at radius 1 is 1.21 bits per heavy atom. The van der Waals surface area contributed by atoms with Crippen molar-refractivity contribution in [2.24, 2.45) is 0 Å². The lowest BCUT2D eigenvalue weighted by Gasteiger charge is -2.09. The Morgan fingerprint density at radius 2 is 1.96 bits per heavy atom. The van der Waals surface area contributed by atoms with Crippen LogP contribution in [0, 0.1) is 0 Å². The van der Waals surface area contributed by atoms with Crippen molar-refractivity contribution in [1.82, 2.24) is 4.98 Å². The molecular formula is C18H14ClNO3S. The normalized spacial score (nSPS) is 11.1. The van der Waals surface area contributed by atoms with E-state index in [0.717, 1.165) is 5.39 Å². The number of fused-ring (bicyclic) bond motifs is 1. The summed E-state index contributed by atoms with van der Waals surface area (Å²) in [5.74, 6) is 1.14. The Hall–Kier alpha value is -2.37. The van der Waals surface area contributed by atoms with Gasteiger partial charge in [0.25, 0.3) is 0 Å². The largest absolute Gasteiger partial charge is 0.493 e. The van der Waals surface area contributed by atoms with Crippen molar-refractivity contribution >= 4 is 45.7 Å². The molecule has 0 aliphatic rings. The summed E-state index contributed by atoms with van der Waals surface area (Å²) in [6, 6.07) is 9.09. The average molecular weight is 360 g/mol. The van der Waals surface area contributed by atoms with Crippen molar-refractivity contribution in [3.05, 3.63) is 57.4 Å². The Bertz CT molecular complexity index is 920. The van der Waals surface area contributed by atoms with Crippen LogP contribution in [0.2, 0.25) is 5.15 Å². The summed E-state index contributed by atoms with van der Waals surface area (Å²) < 4.78 is 10.6. The smallest absolute Gasteiger partial charge is 0.195 e. The van der Waals surface area contributed by atoms with Gasteiger partial charge in [-0.2, -0.15) is 0 Å². The molecule has 0 aliphatic heterocycles. The Morgan fingerprint density at radius 3 is 2.62 bits per heavy atom. The lowest BCUT2D eigenvalue weighted by molar-refractivity contribution is 0.105. The van der Waals surface area contributed by atoms with Crippen LogP contribution in [0.5, 0.6) is 11.5 Å². The van der Waals surface area contributed by atoms with E-state index in [1.807, 2.05) is 23.6 Å². The van der Waals surface area contributed by atoms with Crippen LogP contribution in [-0.2, 0) is 0 Å². The van der Waals surface area contributed by atoms with Gasteiger partial charge in [-0.1, -0.05) is 17.7 Å². The molecule has 0 fully saturated rings. The van der Waals surface area contributed by atoms with Gasteiger partial charge in [-0.05, 0) is 35.7 Å². The number of thiophene rings is 1. The van der Waals surface area contributed by atoms with Crippen molar-refractivity contribution in [3.8, 4) is 11.5 Å². The second-order valence-electron chi connectivity index (χ2n) is 4.94. The van der Waals surface area contributed by atoms with Crippen molar-refractivity contribution < 1.29 is 14.3 Å². The van der Waals surface area contributed by atoms with E-state index in [1.54, 1.807) is 32.4 Å². The third-order valence-corrected chi connectivity index (χ3v) is 4.67. The van der Waals surface area contributed by atoms with E-state index >= 15 is 0 Å². The van der Waals surface area contributed by atoms with Crippen LogP contribution in [0.4, 0.5) is 0 Å². The molecule has 0 unspecified atom stereocenters. The van der Waals surface area contributed by atoms with Gasteiger partial charge in [0.05, 0.1) is 24.6 Å². The topological polar surface area (TPSA) is 48.4 Å².